The minimum atomic E-state index is -0.0920. The first-order valence-corrected chi connectivity index (χ1v) is 9.66. The SMILES string of the molecule is CCCCn1c(SCC(=O)Nc2cc(OC)cc(OC)c2)nc(C)c1C. The van der Waals surface area contributed by atoms with E-state index in [9.17, 15) is 4.79 Å². The molecule has 1 aromatic heterocycles. The lowest BCUT2D eigenvalue weighted by atomic mass is 10.2. The Morgan fingerprint density at radius 1 is 1.19 bits per heavy atom. The van der Waals surface area contributed by atoms with E-state index >= 15 is 0 Å². The van der Waals surface area contributed by atoms with Gasteiger partial charge in [-0.3, -0.25) is 4.79 Å². The molecule has 0 bridgehead atoms. The second-order valence-corrected chi connectivity index (χ2v) is 6.95. The number of thioether (sulfide) groups is 1. The summed E-state index contributed by atoms with van der Waals surface area (Å²) < 4.78 is 12.7. The van der Waals surface area contributed by atoms with Crippen molar-refractivity contribution in [1.82, 2.24) is 9.55 Å². The molecule has 2 rings (SSSR count). The van der Waals surface area contributed by atoms with E-state index < -0.39 is 0 Å². The van der Waals surface area contributed by atoms with Crippen molar-refractivity contribution in [3.05, 3.63) is 29.6 Å². The van der Waals surface area contributed by atoms with E-state index in [1.54, 1.807) is 32.4 Å². The van der Waals surface area contributed by atoms with Gasteiger partial charge in [0.1, 0.15) is 11.5 Å². The predicted molar refractivity (Wildman–Crippen MR) is 106 cm³/mol. The van der Waals surface area contributed by atoms with Gasteiger partial charge in [0.05, 0.1) is 25.7 Å². The largest absolute Gasteiger partial charge is 0.497 e. The van der Waals surface area contributed by atoms with Crippen molar-refractivity contribution < 1.29 is 14.3 Å². The lowest BCUT2D eigenvalue weighted by Crippen LogP contribution is -2.15. The number of methoxy groups -OCH3 is 2. The summed E-state index contributed by atoms with van der Waals surface area (Å²) in [5, 5.41) is 3.78. The van der Waals surface area contributed by atoms with Gasteiger partial charge in [0.15, 0.2) is 5.16 Å². The molecule has 1 heterocycles. The molecule has 0 spiro atoms. The zero-order valence-electron chi connectivity index (χ0n) is 16.1. The van der Waals surface area contributed by atoms with E-state index in [-0.39, 0.29) is 5.91 Å². The molecule has 7 heteroatoms. The first kappa shape index (κ1) is 20.2. The first-order valence-electron chi connectivity index (χ1n) is 8.68. The average molecular weight is 378 g/mol. The molecule has 0 radical (unpaired) electrons. The maximum Gasteiger partial charge on any atom is 0.234 e. The highest BCUT2D eigenvalue weighted by molar-refractivity contribution is 7.99. The lowest BCUT2D eigenvalue weighted by Gasteiger charge is -2.11. The number of benzene rings is 1. The molecule has 0 aliphatic carbocycles. The van der Waals surface area contributed by atoms with E-state index in [0.717, 1.165) is 30.2 Å². The maximum atomic E-state index is 12.4. The lowest BCUT2D eigenvalue weighted by molar-refractivity contribution is -0.113. The van der Waals surface area contributed by atoms with Crippen LogP contribution in [-0.4, -0.2) is 35.4 Å². The summed E-state index contributed by atoms with van der Waals surface area (Å²) in [7, 11) is 3.16. The summed E-state index contributed by atoms with van der Waals surface area (Å²) >= 11 is 1.46. The van der Waals surface area contributed by atoms with Gasteiger partial charge in [0.25, 0.3) is 0 Å². The van der Waals surface area contributed by atoms with Crippen LogP contribution in [0.1, 0.15) is 31.2 Å². The molecule has 0 saturated carbocycles. The Bertz CT molecular complexity index is 736. The van der Waals surface area contributed by atoms with Crippen LogP contribution >= 0.6 is 11.8 Å². The standard InChI is InChI=1S/C19H27N3O3S/c1-6-7-8-22-14(3)13(2)20-19(22)26-12-18(23)21-15-9-16(24-4)11-17(10-15)25-5/h9-11H,6-8,12H2,1-5H3,(H,21,23). The highest BCUT2D eigenvalue weighted by atomic mass is 32.2. The molecule has 0 aliphatic rings. The molecule has 0 saturated heterocycles. The van der Waals surface area contributed by atoms with Crippen molar-refractivity contribution in [2.24, 2.45) is 0 Å². The van der Waals surface area contributed by atoms with Crippen LogP contribution in [0.15, 0.2) is 23.4 Å². The van der Waals surface area contributed by atoms with Crippen LogP contribution < -0.4 is 14.8 Å². The highest BCUT2D eigenvalue weighted by Gasteiger charge is 2.13. The van der Waals surface area contributed by atoms with Gasteiger partial charge < -0.3 is 19.4 Å². The van der Waals surface area contributed by atoms with Crippen LogP contribution in [0.4, 0.5) is 5.69 Å². The third kappa shape index (κ3) is 5.17. The first-order chi connectivity index (χ1) is 12.5. The average Bonchev–Trinajstić information content (AvgIpc) is 2.91. The quantitative estimate of drug-likeness (QED) is 0.668. The predicted octanol–water partition coefficient (Wildman–Crippen LogP) is 4.05. The molecular formula is C19H27N3O3S. The summed E-state index contributed by atoms with van der Waals surface area (Å²) in [6.07, 6.45) is 2.22. The van der Waals surface area contributed by atoms with Gasteiger partial charge in [0, 0.05) is 36.1 Å². The molecule has 6 nitrogen and oxygen atoms in total. The monoisotopic (exact) mass is 377 g/mol. The van der Waals surface area contributed by atoms with Gasteiger partial charge in [-0.1, -0.05) is 25.1 Å². The molecule has 0 aliphatic heterocycles. The Labute approximate surface area is 159 Å². The normalized spacial score (nSPS) is 10.7. The van der Waals surface area contributed by atoms with Crippen LogP contribution in [0.3, 0.4) is 0 Å². The van der Waals surface area contributed by atoms with Crippen molar-refractivity contribution in [2.45, 2.75) is 45.3 Å². The van der Waals surface area contributed by atoms with Crippen LogP contribution in [-0.2, 0) is 11.3 Å². The molecule has 26 heavy (non-hydrogen) atoms. The molecule has 142 valence electrons. The second-order valence-electron chi connectivity index (χ2n) is 6.01. The van der Waals surface area contributed by atoms with Crippen LogP contribution in [0.25, 0.3) is 0 Å². The number of aryl methyl sites for hydroxylation is 1. The topological polar surface area (TPSA) is 65.4 Å². The molecule has 1 amide bonds. The number of carbonyl (C=O) groups excluding carboxylic acids is 1. The molecule has 0 fully saturated rings. The van der Waals surface area contributed by atoms with E-state index in [4.69, 9.17) is 9.47 Å². The van der Waals surface area contributed by atoms with Crippen LogP contribution in [0.5, 0.6) is 11.5 Å². The number of aromatic nitrogens is 2. The smallest absolute Gasteiger partial charge is 0.234 e. The number of nitrogens with one attached hydrogen (secondary N) is 1. The third-order valence-corrected chi connectivity index (χ3v) is 5.10. The summed E-state index contributed by atoms with van der Waals surface area (Å²) in [6, 6.07) is 5.30. The minimum Gasteiger partial charge on any atom is -0.497 e. The van der Waals surface area contributed by atoms with Gasteiger partial charge in [0.2, 0.25) is 5.91 Å². The fraction of sp³-hybridized carbons (Fsp3) is 0.474. The van der Waals surface area contributed by atoms with Gasteiger partial charge >= 0.3 is 0 Å². The minimum absolute atomic E-state index is 0.0920. The van der Waals surface area contributed by atoms with Crippen LogP contribution in [0.2, 0.25) is 0 Å². The van der Waals surface area contributed by atoms with E-state index in [1.807, 2.05) is 6.92 Å². The third-order valence-electron chi connectivity index (χ3n) is 4.13. The van der Waals surface area contributed by atoms with Gasteiger partial charge in [-0.2, -0.15) is 0 Å². The zero-order chi connectivity index (χ0) is 19.1. The molecule has 0 atom stereocenters. The summed E-state index contributed by atoms with van der Waals surface area (Å²) in [5.41, 5.74) is 2.83. The maximum absolute atomic E-state index is 12.4. The van der Waals surface area contributed by atoms with Crippen LogP contribution in [0, 0.1) is 13.8 Å². The van der Waals surface area contributed by atoms with Gasteiger partial charge in [-0.05, 0) is 20.3 Å². The Balaban J connectivity index is 2.02. The van der Waals surface area contributed by atoms with Crippen molar-refractivity contribution >= 4 is 23.4 Å². The van der Waals surface area contributed by atoms with Gasteiger partial charge in [-0.25, -0.2) is 4.98 Å². The molecule has 0 unspecified atom stereocenters. The number of anilines is 1. The number of unbranched alkanes of at least 4 members (excludes halogenated alkanes) is 1. The molecule has 1 N–H and O–H groups in total. The summed E-state index contributed by atoms with van der Waals surface area (Å²) in [6.45, 7) is 7.18. The number of amides is 1. The zero-order valence-corrected chi connectivity index (χ0v) is 16.9. The molecule has 2 aromatic rings. The van der Waals surface area contributed by atoms with Crippen molar-refractivity contribution in [1.29, 1.82) is 0 Å². The fourth-order valence-corrected chi connectivity index (χ4v) is 3.44. The van der Waals surface area contributed by atoms with E-state index in [1.165, 1.54) is 17.5 Å². The number of rotatable bonds is 9. The molecular weight excluding hydrogens is 350 g/mol. The van der Waals surface area contributed by atoms with Crippen molar-refractivity contribution in [3.63, 3.8) is 0 Å². The highest BCUT2D eigenvalue weighted by Crippen LogP contribution is 2.26. The fourth-order valence-electron chi connectivity index (χ4n) is 2.52. The van der Waals surface area contributed by atoms with E-state index in [0.29, 0.717) is 22.9 Å². The number of hydrogen-bond donors (Lipinski definition) is 1. The number of carbonyl (C=O) groups is 1. The van der Waals surface area contributed by atoms with Crippen molar-refractivity contribution in [3.8, 4) is 11.5 Å². The second kappa shape index (κ2) is 9.52. The Kier molecular flexibility index (Phi) is 7.38. The Hall–Kier alpha value is -2.15. The number of hydrogen-bond acceptors (Lipinski definition) is 5. The summed E-state index contributed by atoms with van der Waals surface area (Å²) in [5.74, 6) is 1.47. The Morgan fingerprint density at radius 2 is 1.85 bits per heavy atom. The summed E-state index contributed by atoms with van der Waals surface area (Å²) in [4.78, 5) is 17.0. The number of ether oxygens (including phenoxy) is 2. The van der Waals surface area contributed by atoms with E-state index in [2.05, 4.69) is 28.7 Å². The Morgan fingerprint density at radius 3 is 2.42 bits per heavy atom. The van der Waals surface area contributed by atoms with Gasteiger partial charge in [-0.15, -0.1) is 0 Å². The number of nitrogens with zero attached hydrogens (tertiary/aromatic N) is 2. The molecule has 1 aromatic carbocycles. The number of imidazole rings is 1. The van der Waals surface area contributed by atoms with Crippen molar-refractivity contribution in [2.75, 3.05) is 25.3 Å².